The summed E-state index contributed by atoms with van der Waals surface area (Å²) in [5.41, 5.74) is 1.97. The van der Waals surface area contributed by atoms with Gasteiger partial charge in [0.25, 0.3) is 0 Å². The third-order valence-corrected chi connectivity index (χ3v) is 3.07. The van der Waals surface area contributed by atoms with Crippen LogP contribution in [-0.2, 0) is 11.4 Å². The van der Waals surface area contributed by atoms with Crippen molar-refractivity contribution in [2.45, 2.75) is 19.4 Å². The van der Waals surface area contributed by atoms with E-state index < -0.39 is 0 Å². The van der Waals surface area contributed by atoms with Gasteiger partial charge in [-0.05, 0) is 17.7 Å². The van der Waals surface area contributed by atoms with Crippen molar-refractivity contribution < 1.29 is 14.7 Å². The van der Waals surface area contributed by atoms with Crippen LogP contribution in [0.2, 0.25) is 0 Å². The number of Topliss-reactive ketones (excluding diaryl/α,β-unsaturated/α-hetero) is 1. The molecule has 2 aromatic rings. The van der Waals surface area contributed by atoms with Gasteiger partial charge in [0.05, 0.1) is 6.61 Å². The molecule has 1 amide bonds. The van der Waals surface area contributed by atoms with Gasteiger partial charge in [0.15, 0.2) is 5.78 Å². The fourth-order valence-electron chi connectivity index (χ4n) is 1.97. The van der Waals surface area contributed by atoms with Gasteiger partial charge < -0.3 is 10.4 Å². The zero-order valence-electron chi connectivity index (χ0n) is 11.6. The van der Waals surface area contributed by atoms with E-state index in [1.54, 1.807) is 48.5 Å². The second-order valence-electron chi connectivity index (χ2n) is 4.70. The number of hydrogen-bond donors (Lipinski definition) is 2. The number of ketones is 1. The average molecular weight is 283 g/mol. The summed E-state index contributed by atoms with van der Waals surface area (Å²) in [4.78, 5) is 23.7. The van der Waals surface area contributed by atoms with Gasteiger partial charge in [0.1, 0.15) is 0 Å². The van der Waals surface area contributed by atoms with Crippen molar-refractivity contribution in [1.82, 2.24) is 0 Å². The van der Waals surface area contributed by atoms with Crippen LogP contribution in [0.3, 0.4) is 0 Å². The van der Waals surface area contributed by atoms with Crippen molar-refractivity contribution in [3.05, 3.63) is 65.7 Å². The van der Waals surface area contributed by atoms with E-state index in [9.17, 15) is 9.59 Å². The molecule has 4 heteroatoms. The van der Waals surface area contributed by atoms with Gasteiger partial charge in [0.2, 0.25) is 5.91 Å². The molecule has 0 radical (unpaired) electrons. The first-order valence-corrected chi connectivity index (χ1v) is 6.77. The number of aliphatic hydroxyl groups is 1. The molecule has 0 aromatic heterocycles. The van der Waals surface area contributed by atoms with E-state index in [0.29, 0.717) is 11.3 Å². The highest BCUT2D eigenvalue weighted by Gasteiger charge is 2.09. The molecule has 2 N–H and O–H groups in total. The van der Waals surface area contributed by atoms with Gasteiger partial charge in [-0.15, -0.1) is 0 Å². The zero-order chi connectivity index (χ0) is 15.1. The zero-order valence-corrected chi connectivity index (χ0v) is 11.6. The number of rotatable bonds is 6. The molecule has 0 heterocycles. The Morgan fingerprint density at radius 1 is 0.952 bits per heavy atom. The van der Waals surface area contributed by atoms with Gasteiger partial charge in [-0.3, -0.25) is 9.59 Å². The monoisotopic (exact) mass is 283 g/mol. The van der Waals surface area contributed by atoms with Crippen LogP contribution >= 0.6 is 0 Å². The lowest BCUT2D eigenvalue weighted by Gasteiger charge is -2.06. The summed E-state index contributed by atoms with van der Waals surface area (Å²) in [5.74, 6) is -0.260. The van der Waals surface area contributed by atoms with Crippen molar-refractivity contribution in [2.75, 3.05) is 5.32 Å². The van der Waals surface area contributed by atoms with E-state index in [4.69, 9.17) is 5.11 Å². The third kappa shape index (κ3) is 4.54. The number of carbonyl (C=O) groups excluding carboxylic acids is 2. The maximum atomic E-state index is 11.9. The van der Waals surface area contributed by atoms with E-state index in [1.165, 1.54) is 0 Å². The molecule has 0 atom stereocenters. The number of hydrogen-bond acceptors (Lipinski definition) is 3. The molecule has 0 aliphatic heterocycles. The average Bonchev–Trinajstić information content (AvgIpc) is 2.53. The Labute approximate surface area is 123 Å². The first kappa shape index (κ1) is 14.9. The molecule has 0 saturated heterocycles. The number of benzene rings is 2. The largest absolute Gasteiger partial charge is 0.392 e. The molecular weight excluding hydrogens is 266 g/mol. The Balaban J connectivity index is 1.86. The molecular formula is C17H17NO3. The fraction of sp³-hybridized carbons (Fsp3) is 0.176. The van der Waals surface area contributed by atoms with Crippen molar-refractivity contribution >= 4 is 17.4 Å². The quantitative estimate of drug-likeness (QED) is 0.801. The predicted molar refractivity (Wildman–Crippen MR) is 81.0 cm³/mol. The van der Waals surface area contributed by atoms with Crippen molar-refractivity contribution in [2.24, 2.45) is 0 Å². The highest BCUT2D eigenvalue weighted by molar-refractivity contribution is 5.99. The minimum atomic E-state index is -0.214. The molecule has 0 aliphatic carbocycles. The van der Waals surface area contributed by atoms with E-state index in [0.717, 1.165) is 5.56 Å². The molecule has 4 nitrogen and oxygen atoms in total. The molecule has 0 unspecified atom stereocenters. The van der Waals surface area contributed by atoms with Crippen LogP contribution in [0.15, 0.2) is 54.6 Å². The van der Waals surface area contributed by atoms with Crippen LogP contribution in [-0.4, -0.2) is 16.8 Å². The topological polar surface area (TPSA) is 66.4 Å². The Hall–Kier alpha value is -2.46. The maximum absolute atomic E-state index is 11.9. The summed E-state index contributed by atoms with van der Waals surface area (Å²) < 4.78 is 0. The Bertz CT molecular complexity index is 623. The first-order valence-electron chi connectivity index (χ1n) is 6.77. The molecule has 2 rings (SSSR count). The molecule has 0 saturated carbocycles. The lowest BCUT2D eigenvalue weighted by molar-refractivity contribution is -0.116. The summed E-state index contributed by atoms with van der Waals surface area (Å²) in [5, 5.41) is 11.8. The summed E-state index contributed by atoms with van der Waals surface area (Å²) in [6, 6.07) is 15.9. The van der Waals surface area contributed by atoms with Crippen LogP contribution in [0.25, 0.3) is 0 Å². The maximum Gasteiger partial charge on any atom is 0.224 e. The standard InChI is InChI=1S/C17H17NO3/c19-12-13-5-4-8-15(11-13)18-17(21)10-9-16(20)14-6-2-1-3-7-14/h1-8,11,19H,9-10,12H2,(H,18,21). The number of aliphatic hydroxyl groups excluding tert-OH is 1. The molecule has 0 bridgehead atoms. The first-order chi connectivity index (χ1) is 10.2. The van der Waals surface area contributed by atoms with E-state index >= 15 is 0 Å². The van der Waals surface area contributed by atoms with Crippen LogP contribution < -0.4 is 5.32 Å². The lowest BCUT2D eigenvalue weighted by Crippen LogP contribution is -2.13. The van der Waals surface area contributed by atoms with E-state index in [2.05, 4.69) is 5.32 Å². The molecule has 0 spiro atoms. The van der Waals surface area contributed by atoms with Crippen LogP contribution in [0, 0.1) is 0 Å². The van der Waals surface area contributed by atoms with E-state index in [-0.39, 0.29) is 31.1 Å². The Kier molecular flexibility index (Phi) is 5.23. The summed E-state index contributed by atoms with van der Waals surface area (Å²) >= 11 is 0. The van der Waals surface area contributed by atoms with Crippen LogP contribution in [0.1, 0.15) is 28.8 Å². The third-order valence-electron chi connectivity index (χ3n) is 3.07. The highest BCUT2D eigenvalue weighted by Crippen LogP contribution is 2.12. The highest BCUT2D eigenvalue weighted by atomic mass is 16.3. The van der Waals surface area contributed by atoms with Crippen LogP contribution in [0.4, 0.5) is 5.69 Å². The normalized spacial score (nSPS) is 10.1. The molecule has 2 aromatic carbocycles. The molecule has 0 fully saturated rings. The van der Waals surface area contributed by atoms with Crippen molar-refractivity contribution in [3.8, 4) is 0 Å². The SMILES string of the molecule is O=C(CCC(=O)c1ccccc1)Nc1cccc(CO)c1. The second-order valence-corrected chi connectivity index (χ2v) is 4.70. The van der Waals surface area contributed by atoms with E-state index in [1.807, 2.05) is 6.07 Å². The molecule has 21 heavy (non-hydrogen) atoms. The Morgan fingerprint density at radius 2 is 1.71 bits per heavy atom. The van der Waals surface area contributed by atoms with Gasteiger partial charge in [-0.25, -0.2) is 0 Å². The van der Waals surface area contributed by atoms with Crippen molar-refractivity contribution in [1.29, 1.82) is 0 Å². The Morgan fingerprint density at radius 3 is 2.43 bits per heavy atom. The predicted octanol–water partition coefficient (Wildman–Crippen LogP) is 2.78. The molecule has 0 aliphatic rings. The summed E-state index contributed by atoms with van der Waals surface area (Å²) in [7, 11) is 0. The summed E-state index contributed by atoms with van der Waals surface area (Å²) in [6.07, 6.45) is 0.312. The number of anilines is 1. The fourth-order valence-corrected chi connectivity index (χ4v) is 1.97. The lowest BCUT2D eigenvalue weighted by atomic mass is 10.1. The second kappa shape index (κ2) is 7.36. The van der Waals surface area contributed by atoms with Gasteiger partial charge in [-0.2, -0.15) is 0 Å². The van der Waals surface area contributed by atoms with Gasteiger partial charge in [-0.1, -0.05) is 42.5 Å². The van der Waals surface area contributed by atoms with Crippen LogP contribution in [0.5, 0.6) is 0 Å². The summed E-state index contributed by atoms with van der Waals surface area (Å²) in [6.45, 7) is -0.0732. The molecule has 108 valence electrons. The number of amides is 1. The minimum Gasteiger partial charge on any atom is -0.392 e. The minimum absolute atomic E-state index is 0.0464. The number of carbonyl (C=O) groups is 2. The van der Waals surface area contributed by atoms with Gasteiger partial charge >= 0.3 is 0 Å². The smallest absolute Gasteiger partial charge is 0.224 e. The van der Waals surface area contributed by atoms with Crippen molar-refractivity contribution in [3.63, 3.8) is 0 Å². The van der Waals surface area contributed by atoms with Gasteiger partial charge in [0, 0.05) is 24.1 Å². The number of nitrogens with one attached hydrogen (secondary N) is 1.